The Bertz CT molecular complexity index is 1660. The maximum atomic E-state index is 12.8. The Morgan fingerprint density at radius 3 is 1.53 bits per heavy atom. The van der Waals surface area contributed by atoms with Crippen molar-refractivity contribution in [3.05, 3.63) is 36.0 Å². The molecule has 0 saturated carbocycles. The Morgan fingerprint density at radius 2 is 1.10 bits per heavy atom. The van der Waals surface area contributed by atoms with Crippen LogP contribution in [0.15, 0.2) is 40.4 Å². The number of amides is 4. The summed E-state index contributed by atoms with van der Waals surface area (Å²) in [4.78, 5) is 63.6. The molecular formula is C35H51N7O9. The van der Waals surface area contributed by atoms with Gasteiger partial charge in [0.2, 0.25) is 11.9 Å². The van der Waals surface area contributed by atoms with Gasteiger partial charge in [0.15, 0.2) is 0 Å². The minimum Gasteiger partial charge on any atom is -0.497 e. The first-order chi connectivity index (χ1) is 23.2. The second kappa shape index (κ2) is 16.5. The van der Waals surface area contributed by atoms with Crippen LogP contribution in [0, 0.1) is 6.92 Å². The van der Waals surface area contributed by atoms with Gasteiger partial charge in [0.1, 0.15) is 28.2 Å². The van der Waals surface area contributed by atoms with Crippen molar-refractivity contribution in [3.63, 3.8) is 0 Å². The van der Waals surface area contributed by atoms with Crippen molar-refractivity contribution in [1.82, 2.24) is 15.6 Å². The molecule has 2 aromatic rings. The van der Waals surface area contributed by atoms with Crippen LogP contribution in [0.3, 0.4) is 0 Å². The third-order valence-electron chi connectivity index (χ3n) is 5.60. The topological polar surface area (TPSA) is 200 Å². The third kappa shape index (κ3) is 16.2. The van der Waals surface area contributed by atoms with Crippen LogP contribution in [0.1, 0.15) is 88.6 Å². The summed E-state index contributed by atoms with van der Waals surface area (Å²) >= 11 is 0. The average molecular weight is 714 g/mol. The van der Waals surface area contributed by atoms with Gasteiger partial charge in [0.25, 0.3) is 0 Å². The summed E-state index contributed by atoms with van der Waals surface area (Å²) in [7, 11) is 1.51. The predicted molar refractivity (Wildman–Crippen MR) is 194 cm³/mol. The van der Waals surface area contributed by atoms with Gasteiger partial charge in [-0.1, -0.05) is 0 Å². The minimum absolute atomic E-state index is 0.259. The van der Waals surface area contributed by atoms with Crippen LogP contribution in [-0.2, 0) is 18.9 Å². The lowest BCUT2D eigenvalue weighted by atomic mass is 10.0. The van der Waals surface area contributed by atoms with Crippen LogP contribution in [0.2, 0.25) is 0 Å². The molecule has 0 saturated heterocycles. The fourth-order valence-electron chi connectivity index (χ4n) is 3.86. The zero-order chi connectivity index (χ0) is 38.9. The number of nitrogens with zero attached hydrogens (tertiary/aromatic N) is 3. The fraction of sp³-hybridized carbons (Fsp3) is 0.514. The first-order valence-corrected chi connectivity index (χ1v) is 16.0. The molecule has 1 aromatic heterocycles. The zero-order valence-electron chi connectivity index (χ0n) is 31.9. The number of aromatic nitrogens is 1. The lowest BCUT2D eigenvalue weighted by molar-refractivity contribution is 0.0545. The van der Waals surface area contributed by atoms with Crippen LogP contribution < -0.4 is 26.0 Å². The number of ether oxygens (including phenoxy) is 5. The molecule has 4 N–H and O–H groups in total. The number of rotatable bonds is 4. The Balaban J connectivity index is 2.77. The van der Waals surface area contributed by atoms with E-state index in [1.54, 1.807) is 120 Å². The van der Waals surface area contributed by atoms with Crippen LogP contribution in [0.5, 0.6) is 5.75 Å². The number of guanidine groups is 2. The molecule has 16 heteroatoms. The molecule has 0 aliphatic carbocycles. The number of carbonyl (C=O) groups excluding carboxylic acids is 4. The number of alkyl carbamates (subject to hydrolysis) is 2. The Kier molecular flexibility index (Phi) is 13.5. The van der Waals surface area contributed by atoms with Crippen molar-refractivity contribution in [1.29, 1.82) is 0 Å². The van der Waals surface area contributed by atoms with E-state index in [0.717, 1.165) is 0 Å². The highest BCUT2D eigenvalue weighted by Gasteiger charge is 2.24. The number of carbonyl (C=O) groups is 4. The molecule has 0 spiro atoms. The van der Waals surface area contributed by atoms with Crippen LogP contribution in [0.4, 0.5) is 30.6 Å². The monoisotopic (exact) mass is 713 g/mol. The highest BCUT2D eigenvalue weighted by molar-refractivity contribution is 6.09. The van der Waals surface area contributed by atoms with E-state index in [2.05, 4.69) is 36.2 Å². The number of aliphatic imine (C=N–C) groups is 2. The third-order valence-corrected chi connectivity index (χ3v) is 5.60. The fourth-order valence-corrected chi connectivity index (χ4v) is 3.86. The second-order valence-electron chi connectivity index (χ2n) is 15.2. The van der Waals surface area contributed by atoms with Gasteiger partial charge in [0, 0.05) is 29.2 Å². The predicted octanol–water partition coefficient (Wildman–Crippen LogP) is 7.52. The number of pyridine rings is 1. The van der Waals surface area contributed by atoms with Crippen molar-refractivity contribution in [2.45, 2.75) is 112 Å². The lowest BCUT2D eigenvalue weighted by Gasteiger charge is -2.23. The normalized spacial score (nSPS) is 12.7. The summed E-state index contributed by atoms with van der Waals surface area (Å²) in [6.07, 6.45) is -2.22. The molecular weight excluding hydrogens is 662 g/mol. The summed E-state index contributed by atoms with van der Waals surface area (Å²) in [5, 5.41) is 10.8. The lowest BCUT2D eigenvalue weighted by Crippen LogP contribution is -2.41. The van der Waals surface area contributed by atoms with E-state index in [9.17, 15) is 19.2 Å². The van der Waals surface area contributed by atoms with Crippen LogP contribution in [0.25, 0.3) is 11.3 Å². The quantitative estimate of drug-likeness (QED) is 0.138. The number of anilines is 2. The zero-order valence-corrected chi connectivity index (χ0v) is 31.9. The summed E-state index contributed by atoms with van der Waals surface area (Å²) in [5.74, 6) is -0.130. The molecule has 4 amide bonds. The van der Waals surface area contributed by atoms with Crippen molar-refractivity contribution in [2.24, 2.45) is 9.98 Å². The number of hydrogen-bond acceptors (Lipinski definition) is 10. The Morgan fingerprint density at radius 1 is 0.647 bits per heavy atom. The molecule has 0 unspecified atom stereocenters. The summed E-state index contributed by atoms with van der Waals surface area (Å²) in [6, 6.07) is 6.60. The van der Waals surface area contributed by atoms with E-state index in [4.69, 9.17) is 23.7 Å². The van der Waals surface area contributed by atoms with Crippen LogP contribution >= 0.6 is 0 Å². The molecule has 280 valence electrons. The molecule has 2 rings (SSSR count). The molecule has 0 bridgehead atoms. The van der Waals surface area contributed by atoms with E-state index < -0.39 is 46.8 Å². The van der Waals surface area contributed by atoms with Gasteiger partial charge in [-0.25, -0.2) is 19.2 Å². The molecule has 0 fully saturated rings. The van der Waals surface area contributed by atoms with Gasteiger partial charge in [-0.05, 0) is 114 Å². The van der Waals surface area contributed by atoms with Crippen molar-refractivity contribution >= 4 is 47.7 Å². The molecule has 0 aliphatic rings. The molecule has 1 heterocycles. The van der Waals surface area contributed by atoms with Gasteiger partial charge in [-0.2, -0.15) is 0 Å². The Hall–Kier alpha value is -5.41. The number of methoxy groups -OCH3 is 1. The molecule has 1 aromatic carbocycles. The number of hydrogen-bond donors (Lipinski definition) is 4. The molecule has 0 aliphatic heterocycles. The second-order valence-corrected chi connectivity index (χ2v) is 15.2. The van der Waals surface area contributed by atoms with E-state index in [1.807, 2.05) is 0 Å². The SMILES string of the molecule is COc1ccnc(-c2cc(NC(=NC(=O)OC(C)(C)C)NC(=O)OC(C)(C)C)cc(NC(=NC(=O)OC(C)(C)C)NC(=O)OC(C)(C)C)c2C)c1. The van der Waals surface area contributed by atoms with Crippen molar-refractivity contribution < 1.29 is 42.9 Å². The summed E-state index contributed by atoms with van der Waals surface area (Å²) < 4.78 is 26.9. The number of nitrogens with one attached hydrogen (secondary N) is 4. The highest BCUT2D eigenvalue weighted by Crippen LogP contribution is 2.33. The van der Waals surface area contributed by atoms with Crippen molar-refractivity contribution in [3.8, 4) is 17.0 Å². The maximum Gasteiger partial charge on any atom is 0.437 e. The number of benzene rings is 1. The first kappa shape index (κ1) is 41.8. The Labute approximate surface area is 299 Å². The van der Waals surface area contributed by atoms with Crippen molar-refractivity contribution in [2.75, 3.05) is 17.7 Å². The van der Waals surface area contributed by atoms with Gasteiger partial charge < -0.3 is 34.3 Å². The van der Waals surface area contributed by atoms with E-state index >= 15 is 0 Å². The standard InChI is InChI=1S/C35H51N7O9/c1-20-23(25-19-22(47-14)15-16-36-25)17-21(37-26(39-28(43)48-32(2,3)4)40-29(44)49-33(5,6)7)18-24(20)38-27(41-30(45)50-34(8,9)10)42-31(46)51-35(11,12)13/h15-19H,1-14H3,(H2,37,39,40,43,44)(H2,38,41,42,45,46). The van der Waals surface area contributed by atoms with E-state index in [-0.39, 0.29) is 17.6 Å². The van der Waals surface area contributed by atoms with E-state index in [1.165, 1.54) is 7.11 Å². The van der Waals surface area contributed by atoms with Gasteiger partial charge in [0.05, 0.1) is 12.8 Å². The summed E-state index contributed by atoms with van der Waals surface area (Å²) in [6.45, 7) is 21.8. The molecule has 51 heavy (non-hydrogen) atoms. The van der Waals surface area contributed by atoms with E-state index in [0.29, 0.717) is 28.3 Å². The smallest absolute Gasteiger partial charge is 0.437 e. The average Bonchev–Trinajstić information content (AvgIpc) is 2.90. The maximum absolute atomic E-state index is 12.8. The summed E-state index contributed by atoms with van der Waals surface area (Å²) in [5.41, 5.74) is -1.35. The van der Waals surface area contributed by atoms with Gasteiger partial charge >= 0.3 is 24.4 Å². The van der Waals surface area contributed by atoms with Gasteiger partial charge in [-0.3, -0.25) is 15.6 Å². The van der Waals surface area contributed by atoms with Crippen LogP contribution in [-0.4, -0.2) is 70.8 Å². The highest BCUT2D eigenvalue weighted by atomic mass is 16.6. The molecule has 0 radical (unpaired) electrons. The largest absolute Gasteiger partial charge is 0.497 e. The van der Waals surface area contributed by atoms with Gasteiger partial charge in [-0.15, -0.1) is 9.98 Å². The minimum atomic E-state index is -0.991. The molecule has 16 nitrogen and oxygen atoms in total. The molecule has 0 atom stereocenters. The first-order valence-electron chi connectivity index (χ1n) is 16.0.